The van der Waals surface area contributed by atoms with Crippen molar-refractivity contribution in [2.45, 2.75) is 130 Å². The van der Waals surface area contributed by atoms with Gasteiger partial charge in [0.05, 0.1) is 18.8 Å². The molecular formula is C40H77N9O14. The van der Waals surface area contributed by atoms with Crippen LogP contribution in [-0.2, 0) is 52.3 Å². The maximum absolute atomic E-state index is 12.9. The van der Waals surface area contributed by atoms with E-state index in [2.05, 4.69) is 37.2 Å². The van der Waals surface area contributed by atoms with Gasteiger partial charge in [-0.25, -0.2) is 14.4 Å². The molecule has 1 heterocycles. The fourth-order valence-corrected chi connectivity index (χ4v) is 5.35. The number of carbonyl (C=O) groups is 7. The molecule has 0 aromatic carbocycles. The first-order valence-corrected chi connectivity index (χ1v) is 21.3. The fraction of sp³-hybridized carbons (Fsp3) is 0.825. The monoisotopic (exact) mass is 908 g/mol. The highest BCUT2D eigenvalue weighted by Gasteiger charge is 2.46. The summed E-state index contributed by atoms with van der Waals surface area (Å²) in [6.45, 7) is 18.7. The van der Waals surface area contributed by atoms with E-state index < -0.39 is 103 Å². The quantitative estimate of drug-likeness (QED) is 0.0450. The zero-order chi connectivity index (χ0) is 48.2. The van der Waals surface area contributed by atoms with E-state index in [1.165, 1.54) is 0 Å². The van der Waals surface area contributed by atoms with Crippen LogP contribution in [0.4, 0.5) is 14.4 Å². The van der Waals surface area contributed by atoms with E-state index in [1.54, 1.807) is 62.3 Å². The summed E-state index contributed by atoms with van der Waals surface area (Å²) in [6.07, 6.45) is -6.21. The lowest BCUT2D eigenvalue weighted by atomic mass is 9.84. The Bertz CT molecular complexity index is 1400. The predicted octanol–water partition coefficient (Wildman–Crippen LogP) is -0.123. The van der Waals surface area contributed by atoms with Gasteiger partial charge >= 0.3 is 18.3 Å². The van der Waals surface area contributed by atoms with E-state index in [0.29, 0.717) is 0 Å². The Hall–Kier alpha value is -4.55. The van der Waals surface area contributed by atoms with Crippen molar-refractivity contribution in [3.63, 3.8) is 0 Å². The lowest BCUT2D eigenvalue weighted by molar-refractivity contribution is -0.236. The van der Waals surface area contributed by atoms with Crippen LogP contribution in [0.2, 0.25) is 0 Å². The van der Waals surface area contributed by atoms with Crippen molar-refractivity contribution in [3.05, 3.63) is 0 Å². The Labute approximate surface area is 371 Å². The van der Waals surface area contributed by atoms with Gasteiger partial charge in [-0.3, -0.25) is 19.2 Å². The molecule has 1 saturated heterocycles. The van der Waals surface area contributed by atoms with Crippen LogP contribution in [0.3, 0.4) is 0 Å². The standard InChI is InChI=1S/C38H71N9O14.C2H6/c1-36(2,3)59-33(52)45-17-14-42-27(49)21-55-20-25-24(10-11-26(48)41-13-12-39)30(56-22-28(50)43-15-18-46-34(53)60-37(4,5)6)31(32(40)58-25)57-23-29(51)44-16-19-47-35(54)61-38(7,8)9;1-2/h24-25,30-32H,10-23,39-40H2,1-9H3,(H,41,48)(H,42,49)(H,43,50)(H,44,51)(H,45,52)(H,46,53)(H,47,54);1-2H3. The number of nitrogens with two attached hydrogens (primary N) is 2. The van der Waals surface area contributed by atoms with Crippen molar-refractivity contribution < 1.29 is 66.7 Å². The van der Waals surface area contributed by atoms with E-state index in [4.69, 9.17) is 44.6 Å². The molecule has 0 radical (unpaired) electrons. The van der Waals surface area contributed by atoms with Crippen LogP contribution in [-0.4, -0.2) is 162 Å². The molecule has 0 spiro atoms. The molecule has 63 heavy (non-hydrogen) atoms. The molecule has 0 aliphatic carbocycles. The summed E-state index contributed by atoms with van der Waals surface area (Å²) in [6, 6.07) is 0. The molecule has 0 saturated carbocycles. The Morgan fingerprint density at radius 3 is 1.29 bits per heavy atom. The second-order valence-electron chi connectivity index (χ2n) is 16.9. The lowest BCUT2D eigenvalue weighted by Crippen LogP contribution is -2.61. The maximum Gasteiger partial charge on any atom is 0.407 e. The summed E-state index contributed by atoms with van der Waals surface area (Å²) in [5.74, 6) is -2.70. The first-order chi connectivity index (χ1) is 29.4. The molecule has 5 unspecified atom stereocenters. The summed E-state index contributed by atoms with van der Waals surface area (Å²) in [5, 5.41) is 18.2. The SMILES string of the molecule is CC.CC(C)(C)OC(=O)NCCNC(=O)COCC1OC(N)C(OCC(=O)NCCNC(=O)OC(C)(C)C)C(OCC(=O)NCCNC(=O)OC(C)(C)C)C1CCC(=O)NCCN. The van der Waals surface area contributed by atoms with Crippen LogP contribution in [0.25, 0.3) is 0 Å². The van der Waals surface area contributed by atoms with Crippen molar-refractivity contribution in [2.75, 3.05) is 78.8 Å². The van der Waals surface area contributed by atoms with Crippen LogP contribution in [0.15, 0.2) is 0 Å². The molecule has 0 aromatic heterocycles. The maximum atomic E-state index is 12.9. The minimum atomic E-state index is -1.24. The minimum absolute atomic E-state index is 0.0366. The van der Waals surface area contributed by atoms with Gasteiger partial charge in [0.1, 0.15) is 49.0 Å². The molecule has 1 fully saturated rings. The second-order valence-corrected chi connectivity index (χ2v) is 16.9. The molecule has 23 nitrogen and oxygen atoms in total. The molecule has 0 aromatic rings. The van der Waals surface area contributed by atoms with Crippen molar-refractivity contribution >= 4 is 41.9 Å². The average molecular weight is 908 g/mol. The van der Waals surface area contributed by atoms with Gasteiger partial charge < -0.3 is 81.8 Å². The van der Waals surface area contributed by atoms with Gasteiger partial charge in [0, 0.05) is 64.7 Å². The third-order valence-electron chi connectivity index (χ3n) is 7.73. The van der Waals surface area contributed by atoms with Crippen molar-refractivity contribution in [1.82, 2.24) is 37.2 Å². The molecule has 23 heteroatoms. The van der Waals surface area contributed by atoms with Crippen molar-refractivity contribution in [2.24, 2.45) is 17.4 Å². The van der Waals surface area contributed by atoms with Crippen molar-refractivity contribution in [3.8, 4) is 0 Å². The van der Waals surface area contributed by atoms with Gasteiger partial charge in [-0.2, -0.15) is 0 Å². The molecule has 1 rings (SSSR count). The summed E-state index contributed by atoms with van der Waals surface area (Å²) in [7, 11) is 0. The number of nitrogens with one attached hydrogen (secondary N) is 7. The predicted molar refractivity (Wildman–Crippen MR) is 231 cm³/mol. The highest BCUT2D eigenvalue weighted by Crippen LogP contribution is 2.32. The number of carbonyl (C=O) groups excluding carboxylic acids is 7. The van der Waals surface area contributed by atoms with Crippen LogP contribution in [0.5, 0.6) is 0 Å². The number of hydrogen-bond acceptors (Lipinski definition) is 16. The van der Waals surface area contributed by atoms with Gasteiger partial charge in [-0.1, -0.05) is 13.8 Å². The molecule has 11 N–H and O–H groups in total. The van der Waals surface area contributed by atoms with Gasteiger partial charge in [0.25, 0.3) is 0 Å². The van der Waals surface area contributed by atoms with Crippen LogP contribution < -0.4 is 48.7 Å². The van der Waals surface area contributed by atoms with Crippen LogP contribution >= 0.6 is 0 Å². The Morgan fingerprint density at radius 2 is 0.889 bits per heavy atom. The Kier molecular flexibility index (Phi) is 28.3. The zero-order valence-corrected chi connectivity index (χ0v) is 39.2. The molecule has 7 amide bonds. The Balaban J connectivity index is 0.0000189. The highest BCUT2D eigenvalue weighted by molar-refractivity contribution is 5.78. The van der Waals surface area contributed by atoms with Gasteiger partial charge in [0.15, 0.2) is 0 Å². The first kappa shape index (κ1) is 58.4. The van der Waals surface area contributed by atoms with E-state index in [-0.39, 0.29) is 77.7 Å². The normalized spacial score (nSPS) is 18.6. The first-order valence-electron chi connectivity index (χ1n) is 21.3. The number of amides is 7. The molecule has 1 aliphatic heterocycles. The number of hydrogen-bond donors (Lipinski definition) is 9. The number of alkyl carbamates (subject to hydrolysis) is 3. The molecular weight excluding hydrogens is 830 g/mol. The van der Waals surface area contributed by atoms with Crippen LogP contribution in [0, 0.1) is 5.92 Å². The van der Waals surface area contributed by atoms with Crippen molar-refractivity contribution in [1.29, 1.82) is 0 Å². The molecule has 1 aliphatic rings. The van der Waals surface area contributed by atoms with E-state index in [9.17, 15) is 33.6 Å². The topological polar surface area (TPSA) is 320 Å². The van der Waals surface area contributed by atoms with Gasteiger partial charge in [-0.05, 0) is 68.7 Å². The smallest absolute Gasteiger partial charge is 0.407 e. The molecule has 5 atom stereocenters. The lowest BCUT2D eigenvalue weighted by Gasteiger charge is -2.45. The number of ether oxygens (including phenoxy) is 7. The van der Waals surface area contributed by atoms with Crippen LogP contribution in [0.1, 0.15) is 89.0 Å². The summed E-state index contributed by atoms with van der Waals surface area (Å²) < 4.78 is 39.4. The van der Waals surface area contributed by atoms with E-state index >= 15 is 0 Å². The highest BCUT2D eigenvalue weighted by atomic mass is 16.6. The largest absolute Gasteiger partial charge is 0.444 e. The summed E-state index contributed by atoms with van der Waals surface area (Å²) in [4.78, 5) is 86.8. The average Bonchev–Trinajstić information content (AvgIpc) is 3.16. The fourth-order valence-electron chi connectivity index (χ4n) is 5.35. The van der Waals surface area contributed by atoms with E-state index in [1.807, 2.05) is 13.8 Å². The van der Waals surface area contributed by atoms with Gasteiger partial charge in [0.2, 0.25) is 23.6 Å². The Morgan fingerprint density at radius 1 is 0.524 bits per heavy atom. The second kappa shape index (κ2) is 30.5. The van der Waals surface area contributed by atoms with E-state index in [0.717, 1.165) is 0 Å². The third-order valence-corrected chi connectivity index (χ3v) is 7.73. The zero-order valence-electron chi connectivity index (χ0n) is 39.2. The minimum Gasteiger partial charge on any atom is -0.444 e. The molecule has 0 bridgehead atoms. The molecule has 366 valence electrons. The number of rotatable bonds is 24. The summed E-state index contributed by atoms with van der Waals surface area (Å²) in [5.41, 5.74) is 9.90. The third kappa shape index (κ3) is 30.2. The van der Waals surface area contributed by atoms with Gasteiger partial charge in [-0.15, -0.1) is 0 Å². The summed E-state index contributed by atoms with van der Waals surface area (Å²) >= 11 is 0.